The molecule has 0 saturated carbocycles. The van der Waals surface area contributed by atoms with Crippen LogP contribution in [-0.2, 0) is 9.53 Å². The number of hydrogen-bond acceptors (Lipinski definition) is 5. The van der Waals surface area contributed by atoms with E-state index < -0.39 is 18.5 Å². The third-order valence-corrected chi connectivity index (χ3v) is 4.59. The lowest BCUT2D eigenvalue weighted by molar-refractivity contribution is -0.119. The Morgan fingerprint density at radius 1 is 1.08 bits per heavy atom. The van der Waals surface area contributed by atoms with Gasteiger partial charge in [-0.15, -0.1) is 0 Å². The number of halogens is 5. The maximum Gasteiger partial charge on any atom is 0.359 e. The fraction of sp³-hybridized carbons (Fsp3) is 0.0714. The number of carbonyl (C=O) groups is 2. The number of nitrogens with zero attached hydrogens (tertiary/aromatic N) is 1. The fourth-order valence-electron chi connectivity index (χ4n) is 1.66. The highest BCUT2D eigenvalue weighted by Crippen LogP contribution is 2.34. The molecule has 3 N–H and O–H groups in total. The van der Waals surface area contributed by atoms with Crippen LogP contribution < -0.4 is 11.1 Å². The minimum Gasteiger partial charge on any atom is -0.451 e. The van der Waals surface area contributed by atoms with E-state index in [1.54, 1.807) is 6.07 Å². The number of rotatable bonds is 4. The van der Waals surface area contributed by atoms with Crippen molar-refractivity contribution in [1.82, 2.24) is 4.98 Å². The zero-order valence-corrected chi connectivity index (χ0v) is 15.9. The summed E-state index contributed by atoms with van der Waals surface area (Å²) >= 11 is 29.2. The summed E-state index contributed by atoms with van der Waals surface area (Å²) in [6.45, 7) is -0.640. The van der Waals surface area contributed by atoms with Crippen LogP contribution in [0.3, 0.4) is 0 Å². The van der Waals surface area contributed by atoms with Crippen LogP contribution in [0.25, 0.3) is 0 Å². The van der Waals surface area contributed by atoms with Crippen LogP contribution in [-0.4, -0.2) is 23.5 Å². The molecule has 0 aliphatic heterocycles. The number of pyridine rings is 1. The lowest BCUT2D eigenvalue weighted by Crippen LogP contribution is -2.22. The first-order valence-electron chi connectivity index (χ1n) is 6.43. The molecule has 1 heterocycles. The van der Waals surface area contributed by atoms with Gasteiger partial charge in [0.05, 0.1) is 26.4 Å². The minimum absolute atomic E-state index is 0.0886. The predicted octanol–water partition coefficient (Wildman–Crippen LogP) is 4.73. The van der Waals surface area contributed by atoms with Crippen molar-refractivity contribution in [2.75, 3.05) is 17.7 Å². The highest BCUT2D eigenvalue weighted by Gasteiger charge is 2.22. The van der Waals surface area contributed by atoms with Gasteiger partial charge in [0, 0.05) is 0 Å². The van der Waals surface area contributed by atoms with E-state index in [4.69, 9.17) is 68.5 Å². The number of amides is 1. The van der Waals surface area contributed by atoms with Gasteiger partial charge in [0.25, 0.3) is 5.91 Å². The smallest absolute Gasteiger partial charge is 0.359 e. The number of hydrogen-bond donors (Lipinski definition) is 2. The summed E-state index contributed by atoms with van der Waals surface area (Å²) in [5, 5.41) is 2.35. The Hall–Kier alpha value is -1.44. The highest BCUT2D eigenvalue weighted by molar-refractivity contribution is 6.46. The molecule has 132 valence electrons. The van der Waals surface area contributed by atoms with E-state index in [9.17, 15) is 9.59 Å². The molecule has 0 saturated heterocycles. The van der Waals surface area contributed by atoms with Gasteiger partial charge in [-0.2, -0.15) is 0 Å². The Labute approximate surface area is 167 Å². The Kier molecular flexibility index (Phi) is 6.59. The van der Waals surface area contributed by atoms with Crippen molar-refractivity contribution in [1.29, 1.82) is 0 Å². The number of para-hydroxylation sites is 1. The van der Waals surface area contributed by atoms with E-state index in [0.29, 0.717) is 0 Å². The number of anilines is 2. The Bertz CT molecular complexity index is 840. The molecular weight excluding hydrogens is 435 g/mol. The van der Waals surface area contributed by atoms with Gasteiger partial charge < -0.3 is 15.8 Å². The molecule has 0 fully saturated rings. The molecule has 0 aliphatic rings. The van der Waals surface area contributed by atoms with Gasteiger partial charge in [0.15, 0.2) is 17.5 Å². The van der Waals surface area contributed by atoms with Gasteiger partial charge in [0.2, 0.25) is 0 Å². The van der Waals surface area contributed by atoms with Gasteiger partial charge >= 0.3 is 5.97 Å². The van der Waals surface area contributed by atoms with Crippen LogP contribution in [0.1, 0.15) is 10.5 Å². The van der Waals surface area contributed by atoms with Gasteiger partial charge in [0.1, 0.15) is 5.02 Å². The maximum absolute atomic E-state index is 12.0. The van der Waals surface area contributed by atoms with E-state index in [1.807, 2.05) is 0 Å². The molecule has 0 aliphatic carbocycles. The van der Waals surface area contributed by atoms with Crippen LogP contribution in [0, 0.1) is 0 Å². The first kappa shape index (κ1) is 19.9. The largest absolute Gasteiger partial charge is 0.451 e. The summed E-state index contributed by atoms with van der Waals surface area (Å²) in [6, 6.07) is 4.69. The van der Waals surface area contributed by atoms with Gasteiger partial charge in [-0.3, -0.25) is 4.79 Å². The van der Waals surface area contributed by atoms with E-state index in [1.165, 1.54) is 12.1 Å². The molecule has 0 radical (unpaired) electrons. The zero-order chi connectivity index (χ0) is 18.7. The lowest BCUT2D eigenvalue weighted by atomic mass is 10.3. The number of benzene rings is 1. The van der Waals surface area contributed by atoms with Crippen molar-refractivity contribution in [3.63, 3.8) is 0 Å². The van der Waals surface area contributed by atoms with Crippen molar-refractivity contribution >= 4 is 81.3 Å². The van der Waals surface area contributed by atoms with E-state index in [2.05, 4.69) is 10.3 Å². The van der Waals surface area contributed by atoms with Crippen molar-refractivity contribution < 1.29 is 14.3 Å². The number of nitrogens with one attached hydrogen (secondary N) is 1. The second kappa shape index (κ2) is 8.29. The van der Waals surface area contributed by atoms with Crippen molar-refractivity contribution in [2.45, 2.75) is 0 Å². The Balaban J connectivity index is 2.07. The highest BCUT2D eigenvalue weighted by atomic mass is 35.5. The molecule has 0 spiro atoms. The molecule has 25 heavy (non-hydrogen) atoms. The van der Waals surface area contributed by atoms with Gasteiger partial charge in [-0.05, 0) is 12.1 Å². The third kappa shape index (κ3) is 4.59. The molecular formula is C14H8Cl5N3O3. The summed E-state index contributed by atoms with van der Waals surface area (Å²) in [7, 11) is 0. The van der Waals surface area contributed by atoms with Crippen LogP contribution in [0.2, 0.25) is 25.2 Å². The van der Waals surface area contributed by atoms with Crippen molar-refractivity contribution in [2.24, 2.45) is 0 Å². The summed E-state index contributed by atoms with van der Waals surface area (Å²) in [6.07, 6.45) is 0. The summed E-state index contributed by atoms with van der Waals surface area (Å²) < 4.78 is 4.83. The average Bonchev–Trinajstić information content (AvgIpc) is 2.57. The topological polar surface area (TPSA) is 94.3 Å². The van der Waals surface area contributed by atoms with Crippen LogP contribution in [0.4, 0.5) is 11.4 Å². The first-order chi connectivity index (χ1) is 11.7. The molecule has 2 aromatic rings. The predicted molar refractivity (Wildman–Crippen MR) is 99.1 cm³/mol. The van der Waals surface area contributed by atoms with Crippen LogP contribution in [0.5, 0.6) is 0 Å². The second-order valence-corrected chi connectivity index (χ2v) is 6.44. The number of esters is 1. The number of nitrogen functional groups attached to an aromatic ring is 1. The lowest BCUT2D eigenvalue weighted by Gasteiger charge is -2.11. The van der Waals surface area contributed by atoms with Crippen molar-refractivity contribution in [3.8, 4) is 0 Å². The van der Waals surface area contributed by atoms with Gasteiger partial charge in [-0.1, -0.05) is 64.1 Å². The molecule has 0 unspecified atom stereocenters. The maximum atomic E-state index is 12.0. The first-order valence-corrected chi connectivity index (χ1v) is 8.32. The summed E-state index contributed by atoms with van der Waals surface area (Å²) in [4.78, 5) is 27.6. The molecule has 1 aromatic heterocycles. The average molecular weight is 444 g/mol. The Morgan fingerprint density at radius 2 is 1.68 bits per heavy atom. The van der Waals surface area contributed by atoms with Crippen molar-refractivity contribution in [3.05, 3.63) is 49.1 Å². The quantitative estimate of drug-likeness (QED) is 0.526. The minimum atomic E-state index is -1.00. The fourth-order valence-corrected chi connectivity index (χ4v) is 2.74. The molecule has 1 amide bonds. The van der Waals surface area contributed by atoms with Gasteiger partial charge in [-0.25, -0.2) is 9.78 Å². The molecule has 1 aromatic carbocycles. The number of carbonyl (C=O) groups excluding carboxylic acids is 2. The summed E-state index contributed by atoms with van der Waals surface area (Å²) in [5.74, 6) is -1.68. The second-order valence-electron chi connectivity index (χ2n) is 4.51. The number of ether oxygens (including phenoxy) is 1. The number of aromatic nitrogens is 1. The standard InChI is InChI=1S/C14H8Cl5N3O3/c15-5-2-1-3-6(16)11(5)21-7(23)4-25-14(24)12-8(17)10(20)9(18)13(19)22-12/h1-3H,4H2,(H2,20,22)(H,21,23). The Morgan fingerprint density at radius 3 is 2.28 bits per heavy atom. The molecule has 11 heteroatoms. The van der Waals surface area contributed by atoms with Crippen LogP contribution >= 0.6 is 58.0 Å². The summed E-state index contributed by atoms with van der Waals surface area (Å²) in [5.41, 5.74) is 5.32. The number of nitrogens with two attached hydrogens (primary N) is 1. The molecule has 0 atom stereocenters. The molecule has 6 nitrogen and oxygen atoms in total. The van der Waals surface area contributed by atoms with Crippen LogP contribution in [0.15, 0.2) is 18.2 Å². The van der Waals surface area contributed by atoms with E-state index in [0.717, 1.165) is 0 Å². The monoisotopic (exact) mass is 441 g/mol. The normalized spacial score (nSPS) is 10.4. The third-order valence-electron chi connectivity index (χ3n) is 2.83. The molecule has 2 rings (SSSR count). The van der Waals surface area contributed by atoms with E-state index in [-0.39, 0.29) is 42.3 Å². The van der Waals surface area contributed by atoms with E-state index >= 15 is 0 Å². The SMILES string of the molecule is Nc1c(Cl)c(Cl)nc(C(=O)OCC(=O)Nc2c(Cl)cccc2Cl)c1Cl. The zero-order valence-electron chi connectivity index (χ0n) is 12.1. The molecule has 0 bridgehead atoms.